The van der Waals surface area contributed by atoms with Crippen LogP contribution in [0.2, 0.25) is 0 Å². The molecule has 7 heteroatoms. The molecule has 2 aromatic rings. The van der Waals surface area contributed by atoms with Crippen molar-refractivity contribution in [1.82, 2.24) is 9.97 Å². The van der Waals surface area contributed by atoms with Crippen LogP contribution >= 0.6 is 0 Å². The Balaban J connectivity index is 0.000000171. The van der Waals surface area contributed by atoms with E-state index in [1.165, 1.54) is 0 Å². The van der Waals surface area contributed by atoms with Gasteiger partial charge in [0.2, 0.25) is 0 Å². The van der Waals surface area contributed by atoms with Gasteiger partial charge in [-0.05, 0) is 37.1 Å². The fourth-order valence-electron chi connectivity index (χ4n) is 3.96. The lowest BCUT2D eigenvalue weighted by Crippen LogP contribution is -2.31. The quantitative estimate of drug-likeness (QED) is 0.711. The number of nitrogens with zero attached hydrogens (tertiary/aromatic N) is 2. The fourth-order valence-corrected chi connectivity index (χ4v) is 3.96. The molecular formula is C23H30N4O3. The normalized spacial score (nSPS) is 24.5. The average Bonchev–Trinajstić information content (AvgIpc) is 2.73. The highest BCUT2D eigenvalue weighted by molar-refractivity contribution is 5.92. The molecule has 0 aliphatic carbocycles. The predicted molar refractivity (Wildman–Crippen MR) is 118 cm³/mol. The molecule has 2 aliphatic rings. The Kier molecular flexibility index (Phi) is 6.29. The van der Waals surface area contributed by atoms with Gasteiger partial charge in [-0.25, -0.2) is 14.8 Å². The molecule has 30 heavy (non-hydrogen) atoms. The van der Waals surface area contributed by atoms with Crippen molar-refractivity contribution in [2.75, 3.05) is 11.5 Å². The summed E-state index contributed by atoms with van der Waals surface area (Å²) in [5, 5.41) is 0. The molecule has 0 radical (unpaired) electrons. The summed E-state index contributed by atoms with van der Waals surface area (Å²) in [4.78, 5) is 20.2. The first-order valence-electron chi connectivity index (χ1n) is 10.4. The van der Waals surface area contributed by atoms with Crippen LogP contribution in [0.4, 0.5) is 11.6 Å². The Bertz CT molecular complexity index is 882. The topological polar surface area (TPSA) is 113 Å². The average molecular weight is 411 g/mol. The van der Waals surface area contributed by atoms with E-state index < -0.39 is 0 Å². The molecule has 2 aliphatic heterocycles. The van der Waals surface area contributed by atoms with Crippen LogP contribution in [0.25, 0.3) is 5.76 Å². The molecule has 4 heterocycles. The van der Waals surface area contributed by atoms with Crippen molar-refractivity contribution in [3.63, 3.8) is 0 Å². The first-order valence-corrected chi connectivity index (χ1v) is 10.4. The summed E-state index contributed by atoms with van der Waals surface area (Å²) in [6.07, 6.45) is 1.83. The zero-order valence-corrected chi connectivity index (χ0v) is 18.0. The predicted octanol–water partition coefficient (Wildman–Crippen LogP) is 4.26. The maximum Gasteiger partial charge on any atom is 0.340 e. The smallest absolute Gasteiger partial charge is 0.340 e. The van der Waals surface area contributed by atoms with Gasteiger partial charge in [0.25, 0.3) is 0 Å². The number of cyclic esters (lactones) is 1. The second-order valence-electron chi connectivity index (χ2n) is 7.75. The lowest BCUT2D eigenvalue weighted by molar-refractivity contribution is 0.0175. The first-order chi connectivity index (χ1) is 14.3. The highest BCUT2D eigenvalue weighted by Gasteiger charge is 2.33. The number of hydrogen-bond acceptors (Lipinski definition) is 7. The molecule has 0 amide bonds. The number of hydrogen-bond donors (Lipinski definition) is 2. The lowest BCUT2D eigenvalue weighted by atomic mass is 9.91. The van der Waals surface area contributed by atoms with E-state index in [2.05, 4.69) is 30.4 Å². The number of pyridine rings is 2. The number of rotatable bonds is 2. The molecule has 0 unspecified atom stereocenters. The molecule has 0 spiro atoms. The van der Waals surface area contributed by atoms with Crippen LogP contribution in [0.3, 0.4) is 0 Å². The molecule has 0 saturated heterocycles. The van der Waals surface area contributed by atoms with E-state index in [0.717, 1.165) is 29.8 Å². The molecule has 160 valence electrons. The highest BCUT2D eigenvalue weighted by atomic mass is 16.5. The third kappa shape index (κ3) is 4.10. The Morgan fingerprint density at radius 2 is 1.33 bits per heavy atom. The minimum absolute atomic E-state index is 0.0840. The van der Waals surface area contributed by atoms with Gasteiger partial charge >= 0.3 is 5.97 Å². The Morgan fingerprint density at radius 3 is 1.87 bits per heavy atom. The molecule has 0 aromatic carbocycles. The summed E-state index contributed by atoms with van der Waals surface area (Å²) in [6.45, 7) is 12.1. The number of fused-ring (bicyclic) bond motifs is 2. The third-order valence-corrected chi connectivity index (χ3v) is 5.75. The van der Waals surface area contributed by atoms with E-state index in [0.29, 0.717) is 23.0 Å². The van der Waals surface area contributed by atoms with Crippen molar-refractivity contribution in [1.29, 1.82) is 0 Å². The van der Waals surface area contributed by atoms with Gasteiger partial charge in [0.05, 0.1) is 17.0 Å². The maximum atomic E-state index is 11.6. The van der Waals surface area contributed by atoms with Crippen molar-refractivity contribution < 1.29 is 14.3 Å². The number of esters is 1. The van der Waals surface area contributed by atoms with Gasteiger partial charge in [-0.3, -0.25) is 0 Å². The summed E-state index contributed by atoms with van der Waals surface area (Å²) < 4.78 is 11.0. The van der Waals surface area contributed by atoms with Crippen LogP contribution in [0.15, 0.2) is 30.8 Å². The second kappa shape index (κ2) is 8.73. The van der Waals surface area contributed by atoms with Gasteiger partial charge in [0.1, 0.15) is 29.6 Å². The molecular weight excluding hydrogens is 380 g/mol. The second-order valence-corrected chi connectivity index (χ2v) is 7.75. The number of ether oxygens (including phenoxy) is 2. The largest absolute Gasteiger partial charge is 0.490 e. The molecule has 7 nitrogen and oxygen atoms in total. The van der Waals surface area contributed by atoms with Crippen LogP contribution in [0.1, 0.15) is 79.7 Å². The third-order valence-electron chi connectivity index (χ3n) is 5.75. The van der Waals surface area contributed by atoms with Gasteiger partial charge < -0.3 is 20.9 Å². The summed E-state index contributed by atoms with van der Waals surface area (Å²) in [6, 6.07) is 7.02. The van der Waals surface area contributed by atoms with E-state index in [1.54, 1.807) is 18.2 Å². The molecule has 2 aromatic heterocycles. The standard InChI is InChI=1S/C12H16N2O.C11H14N2O2/c1-4-10-7(2)12-9(8(3)15-10)5-6-11(13)14-12;1-3-8-6(2)10-7(11(14)15-8)4-5-9(12)13-10/h5-7,10H,3-4H2,1-2H3,(H2,13,14);4-6,8H,3H2,1-2H3,(H2,12,13)/t7-,10-;6-,8-/m10/s1. The van der Waals surface area contributed by atoms with E-state index in [4.69, 9.17) is 20.9 Å². The van der Waals surface area contributed by atoms with Gasteiger partial charge in [-0.1, -0.05) is 34.3 Å². The van der Waals surface area contributed by atoms with Crippen LogP contribution < -0.4 is 11.5 Å². The molecule has 4 atom stereocenters. The molecule has 0 fully saturated rings. The van der Waals surface area contributed by atoms with E-state index >= 15 is 0 Å². The first kappa shape index (κ1) is 21.6. The zero-order chi connectivity index (χ0) is 22.0. The van der Waals surface area contributed by atoms with Crippen LogP contribution in [-0.4, -0.2) is 28.1 Å². The molecule has 4 rings (SSSR count). The van der Waals surface area contributed by atoms with Crippen LogP contribution in [0, 0.1) is 0 Å². The van der Waals surface area contributed by atoms with Gasteiger partial charge in [-0.2, -0.15) is 0 Å². The molecule has 0 bridgehead atoms. The minimum Gasteiger partial charge on any atom is -0.490 e. The SMILES string of the molecule is C=C1O[C@H](CC)[C@@H](C)c2nc(N)ccc21.CC[C@@H]1OC(=O)c2ccc(N)nc2[C@H]1C. The van der Waals surface area contributed by atoms with Gasteiger partial charge in [-0.15, -0.1) is 0 Å². The Labute approximate surface area is 177 Å². The zero-order valence-electron chi connectivity index (χ0n) is 18.0. The number of anilines is 2. The van der Waals surface area contributed by atoms with Gasteiger partial charge in [0.15, 0.2) is 0 Å². The van der Waals surface area contributed by atoms with Crippen molar-refractivity contribution in [3.05, 3.63) is 53.4 Å². The van der Waals surface area contributed by atoms with E-state index in [1.807, 2.05) is 19.9 Å². The highest BCUT2D eigenvalue weighted by Crippen LogP contribution is 2.36. The van der Waals surface area contributed by atoms with Crippen molar-refractivity contribution in [3.8, 4) is 0 Å². The van der Waals surface area contributed by atoms with Crippen molar-refractivity contribution in [2.24, 2.45) is 0 Å². The fraction of sp³-hybridized carbons (Fsp3) is 0.435. The summed E-state index contributed by atoms with van der Waals surface area (Å²) in [5.41, 5.74) is 14.6. The minimum atomic E-state index is -0.289. The van der Waals surface area contributed by atoms with Gasteiger partial charge in [0, 0.05) is 17.4 Å². The lowest BCUT2D eigenvalue weighted by Gasteiger charge is -2.31. The summed E-state index contributed by atoms with van der Waals surface area (Å²) in [5.74, 6) is 1.82. The number of carbonyl (C=O) groups is 1. The number of nitrogens with two attached hydrogens (primary N) is 2. The Morgan fingerprint density at radius 1 is 0.867 bits per heavy atom. The number of nitrogen functional groups attached to an aromatic ring is 2. The van der Waals surface area contributed by atoms with E-state index in [9.17, 15) is 4.79 Å². The molecule has 4 N–H and O–H groups in total. The number of aromatic nitrogens is 2. The number of carbonyl (C=O) groups excluding carboxylic acids is 1. The van der Waals surface area contributed by atoms with Crippen molar-refractivity contribution >= 4 is 23.4 Å². The van der Waals surface area contributed by atoms with Crippen LogP contribution in [-0.2, 0) is 9.47 Å². The Hall–Kier alpha value is -3.09. The maximum absolute atomic E-state index is 11.6. The van der Waals surface area contributed by atoms with Crippen molar-refractivity contribution in [2.45, 2.75) is 64.6 Å². The summed E-state index contributed by atoms with van der Waals surface area (Å²) >= 11 is 0. The molecule has 0 saturated carbocycles. The van der Waals surface area contributed by atoms with E-state index in [-0.39, 0.29) is 30.0 Å². The van der Waals surface area contributed by atoms with Crippen LogP contribution in [0.5, 0.6) is 0 Å². The monoisotopic (exact) mass is 410 g/mol. The summed E-state index contributed by atoms with van der Waals surface area (Å²) in [7, 11) is 0.